The summed E-state index contributed by atoms with van der Waals surface area (Å²) in [5.41, 5.74) is 2.34. The molecule has 2 N–H and O–H groups in total. The molecule has 0 heterocycles. The van der Waals surface area contributed by atoms with Crippen molar-refractivity contribution in [2.75, 3.05) is 0 Å². The van der Waals surface area contributed by atoms with Crippen molar-refractivity contribution in [2.45, 2.75) is 57.7 Å². The van der Waals surface area contributed by atoms with Crippen molar-refractivity contribution in [2.24, 2.45) is 23.2 Å². The van der Waals surface area contributed by atoms with Gasteiger partial charge in [-0.2, -0.15) is 0 Å². The Bertz CT molecular complexity index is 601. The molecule has 3 aliphatic carbocycles. The van der Waals surface area contributed by atoms with Crippen LogP contribution in [0.4, 0.5) is 4.39 Å². The molecule has 3 heteroatoms. The van der Waals surface area contributed by atoms with Crippen LogP contribution in [0.25, 0.3) is 0 Å². The van der Waals surface area contributed by atoms with Crippen LogP contribution in [0.2, 0.25) is 0 Å². The van der Waals surface area contributed by atoms with Gasteiger partial charge >= 0.3 is 0 Å². The molecule has 0 aromatic heterocycles. The maximum atomic E-state index is 14.2. The summed E-state index contributed by atoms with van der Waals surface area (Å²) in [6, 6.07) is 5.74. The van der Waals surface area contributed by atoms with Crippen LogP contribution in [0.15, 0.2) is 18.2 Å². The smallest absolute Gasteiger partial charge is 0.127 e. The summed E-state index contributed by atoms with van der Waals surface area (Å²) >= 11 is 0. The fourth-order valence-electron chi connectivity index (χ4n) is 5.91. The second kappa shape index (κ2) is 4.70. The Balaban J connectivity index is 1.76. The predicted octanol–water partition coefficient (Wildman–Crippen LogP) is 3.80. The van der Waals surface area contributed by atoms with Crippen LogP contribution in [0.5, 0.6) is 5.75 Å². The van der Waals surface area contributed by atoms with Gasteiger partial charge in [-0.3, -0.25) is 0 Å². The molecule has 1 aromatic rings. The van der Waals surface area contributed by atoms with E-state index in [1.807, 2.05) is 6.07 Å². The molecular weight excluding hydrogens is 279 g/mol. The molecule has 1 aromatic carbocycles. The second-order valence-electron chi connectivity index (χ2n) is 8.10. The van der Waals surface area contributed by atoms with E-state index >= 15 is 0 Å². The number of hydrogen-bond acceptors (Lipinski definition) is 2. The number of aliphatic hydroxyl groups is 1. The lowest BCUT2D eigenvalue weighted by Crippen LogP contribution is -2.47. The lowest BCUT2D eigenvalue weighted by atomic mass is 9.53. The van der Waals surface area contributed by atoms with E-state index in [9.17, 15) is 14.6 Å². The summed E-state index contributed by atoms with van der Waals surface area (Å²) < 4.78 is 14.2. The molecule has 0 spiro atoms. The van der Waals surface area contributed by atoms with Crippen LogP contribution < -0.4 is 0 Å². The highest BCUT2D eigenvalue weighted by Gasteiger charge is 2.59. The van der Waals surface area contributed by atoms with Gasteiger partial charge in [-0.1, -0.05) is 19.9 Å². The van der Waals surface area contributed by atoms with Crippen molar-refractivity contribution in [3.8, 4) is 5.75 Å². The number of hydrogen-bond donors (Lipinski definition) is 2. The number of fused-ring (bicyclic) bond motifs is 5. The quantitative estimate of drug-likeness (QED) is 0.765. The lowest BCUT2D eigenvalue weighted by molar-refractivity contribution is -0.0464. The zero-order valence-electron chi connectivity index (χ0n) is 13.3. The van der Waals surface area contributed by atoms with Crippen LogP contribution in [0.1, 0.15) is 50.2 Å². The topological polar surface area (TPSA) is 40.5 Å². The molecule has 0 amide bonds. The third-order valence-electron chi connectivity index (χ3n) is 6.99. The first kappa shape index (κ1) is 14.5. The number of benzene rings is 1. The number of phenolic OH excluding ortho intramolecular Hbond substituents is 1. The van der Waals surface area contributed by atoms with Gasteiger partial charge in [-0.15, -0.1) is 0 Å². The van der Waals surface area contributed by atoms with Gasteiger partial charge in [0.05, 0.1) is 6.10 Å². The van der Waals surface area contributed by atoms with Crippen molar-refractivity contribution < 1.29 is 14.6 Å². The fourth-order valence-corrected chi connectivity index (χ4v) is 5.91. The van der Waals surface area contributed by atoms with Gasteiger partial charge in [-0.05, 0) is 78.0 Å². The highest BCUT2D eigenvalue weighted by atomic mass is 19.1. The van der Waals surface area contributed by atoms with E-state index in [1.54, 1.807) is 6.07 Å². The fraction of sp³-hybridized carbons (Fsp3) is 0.684. The van der Waals surface area contributed by atoms with Gasteiger partial charge in [-0.25, -0.2) is 4.39 Å². The van der Waals surface area contributed by atoms with Gasteiger partial charge in [0.2, 0.25) is 0 Å². The van der Waals surface area contributed by atoms with E-state index in [-0.39, 0.29) is 11.3 Å². The average Bonchev–Trinajstić information content (AvgIpc) is 2.70. The van der Waals surface area contributed by atoms with Crippen LogP contribution in [0.3, 0.4) is 0 Å². The molecular formula is C19H25FO2. The zero-order chi connectivity index (χ0) is 15.6. The summed E-state index contributed by atoms with van der Waals surface area (Å²) in [7, 11) is 0. The summed E-state index contributed by atoms with van der Waals surface area (Å²) in [6.07, 6.45) is 1.51. The van der Waals surface area contributed by atoms with Gasteiger partial charge in [0.25, 0.3) is 0 Å². The molecule has 120 valence electrons. The number of aromatic hydroxyl groups is 1. The molecule has 0 saturated heterocycles. The summed E-state index contributed by atoms with van der Waals surface area (Å²) in [6.45, 7) is 4.35. The highest BCUT2D eigenvalue weighted by Crippen LogP contribution is 2.62. The molecule has 0 radical (unpaired) electrons. The SMILES string of the molecule is C[C@@H]1Cc2cc(O)ccc2[C@H]2CC[C@]3(C)[C@@H](O)[C@H](F)C[C@H]3[C@H]12. The molecule has 7 atom stereocenters. The molecule has 0 aliphatic heterocycles. The number of aliphatic hydroxyl groups excluding tert-OH is 1. The summed E-state index contributed by atoms with van der Waals surface area (Å²) in [5.74, 6) is 1.99. The lowest BCUT2D eigenvalue weighted by Gasteiger charge is -2.52. The first-order chi connectivity index (χ1) is 10.4. The van der Waals surface area contributed by atoms with E-state index in [4.69, 9.17) is 0 Å². The largest absolute Gasteiger partial charge is 0.508 e. The van der Waals surface area contributed by atoms with Crippen LogP contribution in [-0.4, -0.2) is 22.5 Å². The maximum absolute atomic E-state index is 14.2. The summed E-state index contributed by atoms with van der Waals surface area (Å²) in [5, 5.41) is 20.1. The molecule has 2 nitrogen and oxygen atoms in total. The Morgan fingerprint density at radius 3 is 2.86 bits per heavy atom. The third kappa shape index (κ3) is 1.81. The number of rotatable bonds is 0. The number of halogens is 1. The molecule has 4 rings (SSSR count). The molecule has 2 fully saturated rings. The average molecular weight is 304 g/mol. The van der Waals surface area contributed by atoms with Crippen molar-refractivity contribution >= 4 is 0 Å². The first-order valence-electron chi connectivity index (χ1n) is 8.55. The van der Waals surface area contributed by atoms with Gasteiger partial charge in [0.1, 0.15) is 11.9 Å². The molecule has 0 unspecified atom stereocenters. The Morgan fingerprint density at radius 1 is 1.32 bits per heavy atom. The Kier molecular flexibility index (Phi) is 3.10. The minimum Gasteiger partial charge on any atom is -0.508 e. The monoisotopic (exact) mass is 304 g/mol. The third-order valence-corrected chi connectivity index (χ3v) is 6.99. The van der Waals surface area contributed by atoms with Crippen LogP contribution in [-0.2, 0) is 6.42 Å². The molecule has 2 saturated carbocycles. The van der Waals surface area contributed by atoms with Crippen LogP contribution in [0, 0.1) is 23.2 Å². The normalized spacial score (nSPS) is 46.7. The van der Waals surface area contributed by atoms with Crippen LogP contribution >= 0.6 is 0 Å². The Morgan fingerprint density at radius 2 is 2.09 bits per heavy atom. The minimum absolute atomic E-state index is 0.261. The zero-order valence-corrected chi connectivity index (χ0v) is 13.3. The predicted molar refractivity (Wildman–Crippen MR) is 83.6 cm³/mol. The Labute approximate surface area is 131 Å². The first-order valence-corrected chi connectivity index (χ1v) is 8.55. The number of alkyl halides is 1. The van der Waals surface area contributed by atoms with Crippen molar-refractivity contribution in [1.29, 1.82) is 0 Å². The van der Waals surface area contributed by atoms with Crippen molar-refractivity contribution in [3.63, 3.8) is 0 Å². The van der Waals surface area contributed by atoms with E-state index in [1.165, 1.54) is 11.1 Å². The number of phenols is 1. The Hall–Kier alpha value is -1.09. The molecule has 0 bridgehead atoms. The second-order valence-corrected chi connectivity index (χ2v) is 8.10. The van der Waals surface area contributed by atoms with Gasteiger partial charge < -0.3 is 10.2 Å². The highest BCUT2D eigenvalue weighted by molar-refractivity contribution is 5.40. The van der Waals surface area contributed by atoms with Gasteiger partial charge in [0.15, 0.2) is 0 Å². The van der Waals surface area contributed by atoms with E-state index < -0.39 is 12.3 Å². The van der Waals surface area contributed by atoms with E-state index in [2.05, 4.69) is 19.9 Å². The van der Waals surface area contributed by atoms with E-state index in [0.29, 0.717) is 29.9 Å². The molecule has 22 heavy (non-hydrogen) atoms. The van der Waals surface area contributed by atoms with Crippen molar-refractivity contribution in [3.05, 3.63) is 29.3 Å². The van der Waals surface area contributed by atoms with E-state index in [0.717, 1.165) is 19.3 Å². The minimum atomic E-state index is -1.07. The maximum Gasteiger partial charge on any atom is 0.127 e. The standard InChI is InChI=1S/C19H25FO2/c1-10-7-11-8-12(21)3-4-13(11)14-5-6-19(2)15(17(10)14)9-16(20)18(19)22/h3-4,8,10,14-18,21-22H,5-7,9H2,1-2H3/t10-,14-,15+,16-,17-,18+,19+/m1/s1. The van der Waals surface area contributed by atoms with Crippen molar-refractivity contribution in [1.82, 2.24) is 0 Å². The van der Waals surface area contributed by atoms with Gasteiger partial charge in [0, 0.05) is 0 Å². The summed E-state index contributed by atoms with van der Waals surface area (Å²) in [4.78, 5) is 0. The molecule has 3 aliphatic rings.